The van der Waals surface area contributed by atoms with Gasteiger partial charge in [-0.2, -0.15) is 0 Å². The third kappa shape index (κ3) is 3.09. The predicted octanol–water partition coefficient (Wildman–Crippen LogP) is 1.92. The topological polar surface area (TPSA) is 59.6 Å². The van der Waals surface area contributed by atoms with E-state index in [1.807, 2.05) is 0 Å². The number of carbonyl (C=O) groups excluding carboxylic acids is 1. The van der Waals surface area contributed by atoms with Crippen LogP contribution in [0.25, 0.3) is 0 Å². The lowest BCUT2D eigenvalue weighted by Crippen LogP contribution is -2.50. The molecular formula is C20H28N2O3. The SMILES string of the molecule is COCCO[C@@H]1[C@@H](NC(=O)C2CC2)c2ccccc2C12CCNCC2. The van der Waals surface area contributed by atoms with Gasteiger partial charge in [0, 0.05) is 18.4 Å². The van der Waals surface area contributed by atoms with E-state index < -0.39 is 0 Å². The highest BCUT2D eigenvalue weighted by atomic mass is 16.5. The van der Waals surface area contributed by atoms with Crippen molar-refractivity contribution in [1.82, 2.24) is 10.6 Å². The van der Waals surface area contributed by atoms with Gasteiger partial charge in [0.1, 0.15) is 0 Å². The van der Waals surface area contributed by atoms with Crippen LogP contribution in [0.2, 0.25) is 0 Å². The molecule has 4 rings (SSSR count). The number of rotatable bonds is 6. The third-order valence-corrected chi connectivity index (χ3v) is 6.01. The van der Waals surface area contributed by atoms with Gasteiger partial charge in [-0.1, -0.05) is 24.3 Å². The van der Waals surface area contributed by atoms with Crippen molar-refractivity contribution in [2.24, 2.45) is 5.92 Å². The van der Waals surface area contributed by atoms with Gasteiger partial charge in [-0.3, -0.25) is 4.79 Å². The fourth-order valence-corrected chi connectivity index (χ4v) is 4.57. The van der Waals surface area contributed by atoms with Crippen LogP contribution >= 0.6 is 0 Å². The predicted molar refractivity (Wildman–Crippen MR) is 95.4 cm³/mol. The molecule has 3 aliphatic rings. The Morgan fingerprint density at radius 1 is 1.24 bits per heavy atom. The Hall–Kier alpha value is -1.43. The van der Waals surface area contributed by atoms with Crippen LogP contribution in [0.15, 0.2) is 24.3 Å². The van der Waals surface area contributed by atoms with Gasteiger partial charge in [0.2, 0.25) is 5.91 Å². The number of carbonyl (C=O) groups is 1. The van der Waals surface area contributed by atoms with Crippen molar-refractivity contribution in [1.29, 1.82) is 0 Å². The zero-order valence-electron chi connectivity index (χ0n) is 14.9. The normalized spacial score (nSPS) is 27.2. The molecule has 0 unspecified atom stereocenters. The molecule has 2 fully saturated rings. The molecule has 2 atom stereocenters. The fraction of sp³-hybridized carbons (Fsp3) is 0.650. The molecule has 1 saturated carbocycles. The van der Waals surface area contributed by atoms with Crippen LogP contribution in [-0.4, -0.2) is 45.4 Å². The molecule has 25 heavy (non-hydrogen) atoms. The van der Waals surface area contributed by atoms with E-state index in [2.05, 4.69) is 34.9 Å². The van der Waals surface area contributed by atoms with Crippen LogP contribution in [0, 0.1) is 5.92 Å². The van der Waals surface area contributed by atoms with Gasteiger partial charge in [-0.05, 0) is 49.9 Å². The molecule has 1 aliphatic heterocycles. The second kappa shape index (κ2) is 7.06. The average molecular weight is 344 g/mol. The Morgan fingerprint density at radius 2 is 2.00 bits per heavy atom. The lowest BCUT2D eigenvalue weighted by atomic mass is 9.72. The summed E-state index contributed by atoms with van der Waals surface area (Å²) in [4.78, 5) is 12.5. The average Bonchev–Trinajstić information content (AvgIpc) is 3.47. The molecule has 1 amide bonds. The van der Waals surface area contributed by atoms with Crippen LogP contribution in [0.4, 0.5) is 0 Å². The summed E-state index contributed by atoms with van der Waals surface area (Å²) >= 11 is 0. The van der Waals surface area contributed by atoms with Crippen LogP contribution in [-0.2, 0) is 19.7 Å². The number of hydrogen-bond donors (Lipinski definition) is 2. The monoisotopic (exact) mass is 344 g/mol. The van der Waals surface area contributed by atoms with Gasteiger partial charge < -0.3 is 20.1 Å². The van der Waals surface area contributed by atoms with E-state index in [0.717, 1.165) is 38.8 Å². The van der Waals surface area contributed by atoms with Crippen molar-refractivity contribution in [2.75, 3.05) is 33.4 Å². The summed E-state index contributed by atoms with van der Waals surface area (Å²) in [5.74, 6) is 0.391. The van der Waals surface area contributed by atoms with Crippen molar-refractivity contribution in [3.8, 4) is 0 Å². The van der Waals surface area contributed by atoms with E-state index in [1.165, 1.54) is 11.1 Å². The fourth-order valence-electron chi connectivity index (χ4n) is 4.57. The quantitative estimate of drug-likeness (QED) is 0.774. The lowest BCUT2D eigenvalue weighted by Gasteiger charge is -2.41. The van der Waals surface area contributed by atoms with Crippen molar-refractivity contribution in [3.05, 3.63) is 35.4 Å². The van der Waals surface area contributed by atoms with Gasteiger partial charge in [0.15, 0.2) is 0 Å². The first-order valence-corrected chi connectivity index (χ1v) is 9.47. The minimum absolute atomic E-state index is 0.0168. The molecule has 1 aromatic carbocycles. The molecule has 1 aromatic rings. The molecule has 1 saturated heterocycles. The first kappa shape index (κ1) is 17.0. The van der Waals surface area contributed by atoms with E-state index >= 15 is 0 Å². The van der Waals surface area contributed by atoms with Gasteiger partial charge in [-0.25, -0.2) is 0 Å². The molecule has 136 valence electrons. The summed E-state index contributed by atoms with van der Waals surface area (Å²) in [6.07, 6.45) is 4.09. The Balaban J connectivity index is 1.67. The highest BCUT2D eigenvalue weighted by Gasteiger charge is 2.53. The van der Waals surface area contributed by atoms with Crippen molar-refractivity contribution < 1.29 is 14.3 Å². The van der Waals surface area contributed by atoms with E-state index in [-0.39, 0.29) is 29.4 Å². The van der Waals surface area contributed by atoms with Crippen molar-refractivity contribution >= 4 is 5.91 Å². The molecule has 0 bridgehead atoms. The van der Waals surface area contributed by atoms with Crippen molar-refractivity contribution in [3.63, 3.8) is 0 Å². The Kier molecular flexibility index (Phi) is 4.80. The van der Waals surface area contributed by atoms with E-state index in [9.17, 15) is 4.79 Å². The maximum absolute atomic E-state index is 12.5. The number of ether oxygens (including phenoxy) is 2. The molecule has 5 heteroatoms. The van der Waals surface area contributed by atoms with Crippen LogP contribution in [0.5, 0.6) is 0 Å². The second-order valence-electron chi connectivity index (χ2n) is 7.54. The molecule has 2 N–H and O–H groups in total. The summed E-state index contributed by atoms with van der Waals surface area (Å²) in [5.41, 5.74) is 2.58. The minimum Gasteiger partial charge on any atom is -0.382 e. The highest BCUT2D eigenvalue weighted by Crippen LogP contribution is 2.51. The molecule has 1 spiro atoms. The molecule has 0 aromatic heterocycles. The van der Waals surface area contributed by atoms with Gasteiger partial charge >= 0.3 is 0 Å². The largest absolute Gasteiger partial charge is 0.382 e. The van der Waals surface area contributed by atoms with Crippen molar-refractivity contribution in [2.45, 2.75) is 43.2 Å². The summed E-state index contributed by atoms with van der Waals surface area (Å²) in [5, 5.41) is 6.79. The second-order valence-corrected chi connectivity index (χ2v) is 7.54. The van der Waals surface area contributed by atoms with E-state index in [0.29, 0.717) is 13.2 Å². The summed E-state index contributed by atoms with van der Waals surface area (Å²) in [6.45, 7) is 3.11. The third-order valence-electron chi connectivity index (χ3n) is 6.01. The summed E-state index contributed by atoms with van der Waals surface area (Å²) < 4.78 is 11.6. The first-order valence-electron chi connectivity index (χ1n) is 9.47. The Labute approximate surface area is 149 Å². The standard InChI is InChI=1S/C20H28N2O3/c1-24-12-13-25-18-17(22-19(23)14-6-7-14)15-4-2-3-5-16(15)20(18)8-10-21-11-9-20/h2-5,14,17-18,21H,6-13H2,1H3,(H,22,23)/t17-,18+/m0/s1. The number of hydrogen-bond acceptors (Lipinski definition) is 4. The number of benzene rings is 1. The highest BCUT2D eigenvalue weighted by molar-refractivity contribution is 5.81. The molecular weight excluding hydrogens is 316 g/mol. The number of methoxy groups -OCH3 is 1. The maximum Gasteiger partial charge on any atom is 0.223 e. The lowest BCUT2D eigenvalue weighted by molar-refractivity contribution is -0.125. The molecule has 1 heterocycles. The van der Waals surface area contributed by atoms with Gasteiger partial charge in [0.05, 0.1) is 25.4 Å². The number of fused-ring (bicyclic) bond motifs is 2. The zero-order chi connectivity index (χ0) is 17.3. The van der Waals surface area contributed by atoms with E-state index in [4.69, 9.17) is 9.47 Å². The van der Waals surface area contributed by atoms with Gasteiger partial charge in [0.25, 0.3) is 0 Å². The maximum atomic E-state index is 12.5. The summed E-state index contributed by atoms with van der Waals surface area (Å²) in [7, 11) is 1.69. The summed E-state index contributed by atoms with van der Waals surface area (Å²) in [6, 6.07) is 8.52. The smallest absolute Gasteiger partial charge is 0.223 e. The zero-order valence-corrected chi connectivity index (χ0v) is 14.9. The minimum atomic E-state index is -0.0562. The number of piperidine rings is 1. The number of nitrogens with one attached hydrogen (secondary N) is 2. The Bertz CT molecular complexity index is 623. The Morgan fingerprint density at radius 3 is 2.72 bits per heavy atom. The molecule has 5 nitrogen and oxygen atoms in total. The van der Waals surface area contributed by atoms with E-state index in [1.54, 1.807) is 7.11 Å². The van der Waals surface area contributed by atoms with Crippen LogP contribution in [0.1, 0.15) is 42.9 Å². The van der Waals surface area contributed by atoms with Crippen LogP contribution < -0.4 is 10.6 Å². The van der Waals surface area contributed by atoms with Gasteiger partial charge in [-0.15, -0.1) is 0 Å². The number of amides is 1. The molecule has 0 radical (unpaired) electrons. The van der Waals surface area contributed by atoms with Crippen LogP contribution in [0.3, 0.4) is 0 Å². The molecule has 2 aliphatic carbocycles. The first-order chi connectivity index (χ1) is 12.3.